The standard InChI is InChI=1S/C24H19Cl2F3N8O3/c1-34-23(19(38)9-30-34)14-8-31-35(10-14)16(6-7-40-24(28)29)17-4-2-13(11-37(17)39)21-18(5-3-15(25)22(21)27)36-12-20(26)32-33-36/h2-5,8-12,16,24,38H,6-7H2,1H3/t16-/m1/s1. The molecule has 11 nitrogen and oxygen atoms in total. The van der Waals surface area contributed by atoms with E-state index in [1.165, 1.54) is 56.9 Å². The van der Waals surface area contributed by atoms with Crippen molar-refractivity contribution in [2.75, 3.05) is 6.61 Å². The highest BCUT2D eigenvalue weighted by atomic mass is 35.5. The Balaban J connectivity index is 1.56. The second-order valence-electron chi connectivity index (χ2n) is 8.56. The number of benzene rings is 1. The Hall–Kier alpha value is -4.14. The van der Waals surface area contributed by atoms with Crippen molar-refractivity contribution in [1.29, 1.82) is 0 Å². The number of hydrogen-bond donors (Lipinski definition) is 1. The predicted molar refractivity (Wildman–Crippen MR) is 137 cm³/mol. The third-order valence-corrected chi connectivity index (χ3v) is 6.57. The number of aromatic hydroxyl groups is 1. The van der Waals surface area contributed by atoms with Gasteiger partial charge in [-0.25, -0.2) is 9.07 Å². The average molecular weight is 595 g/mol. The van der Waals surface area contributed by atoms with E-state index in [-0.39, 0.29) is 44.9 Å². The third kappa shape index (κ3) is 5.33. The molecule has 0 aliphatic carbocycles. The molecule has 0 aliphatic rings. The number of ether oxygens (including phenoxy) is 1. The first-order valence-electron chi connectivity index (χ1n) is 11.6. The maximum Gasteiger partial charge on any atom is 0.345 e. The molecular formula is C24H19Cl2F3N8O3. The van der Waals surface area contributed by atoms with Crippen LogP contribution in [0.1, 0.15) is 18.2 Å². The molecule has 0 amide bonds. The molecule has 5 rings (SSSR count). The van der Waals surface area contributed by atoms with Crippen LogP contribution in [0.2, 0.25) is 10.2 Å². The van der Waals surface area contributed by atoms with Crippen molar-refractivity contribution in [3.8, 4) is 33.8 Å². The van der Waals surface area contributed by atoms with Gasteiger partial charge in [0.25, 0.3) is 0 Å². The zero-order valence-corrected chi connectivity index (χ0v) is 22.0. The minimum Gasteiger partial charge on any atom is -0.618 e. The summed E-state index contributed by atoms with van der Waals surface area (Å²) in [4.78, 5) is 0. The van der Waals surface area contributed by atoms with Crippen molar-refractivity contribution >= 4 is 23.2 Å². The van der Waals surface area contributed by atoms with Gasteiger partial charge in [-0.3, -0.25) is 9.36 Å². The maximum atomic E-state index is 15.3. The third-order valence-electron chi connectivity index (χ3n) is 6.11. The molecule has 4 aromatic heterocycles. The van der Waals surface area contributed by atoms with Crippen molar-refractivity contribution in [1.82, 2.24) is 34.6 Å². The van der Waals surface area contributed by atoms with E-state index in [1.54, 1.807) is 13.2 Å². The molecule has 0 bridgehead atoms. The summed E-state index contributed by atoms with van der Waals surface area (Å²) in [5, 5.41) is 39.2. The lowest BCUT2D eigenvalue weighted by Crippen LogP contribution is -2.36. The van der Waals surface area contributed by atoms with E-state index in [2.05, 4.69) is 25.2 Å². The Bertz CT molecular complexity index is 1650. The quantitative estimate of drug-likeness (QED) is 0.196. The molecule has 0 radical (unpaired) electrons. The smallest absolute Gasteiger partial charge is 0.345 e. The van der Waals surface area contributed by atoms with Gasteiger partial charge < -0.3 is 15.1 Å². The molecule has 4 heterocycles. The second kappa shape index (κ2) is 11.2. The fourth-order valence-corrected chi connectivity index (χ4v) is 4.63. The van der Waals surface area contributed by atoms with E-state index in [1.807, 2.05) is 0 Å². The summed E-state index contributed by atoms with van der Waals surface area (Å²) in [6.45, 7) is -3.40. The van der Waals surface area contributed by atoms with Crippen LogP contribution in [0.25, 0.3) is 28.1 Å². The molecule has 16 heteroatoms. The van der Waals surface area contributed by atoms with Gasteiger partial charge in [-0.2, -0.15) is 23.7 Å². The fourth-order valence-electron chi connectivity index (χ4n) is 4.34. The van der Waals surface area contributed by atoms with Gasteiger partial charge in [-0.05, 0) is 18.2 Å². The first-order valence-corrected chi connectivity index (χ1v) is 12.3. The Morgan fingerprint density at radius 2 is 1.90 bits per heavy atom. The van der Waals surface area contributed by atoms with Crippen LogP contribution < -0.4 is 4.73 Å². The lowest BCUT2D eigenvalue weighted by molar-refractivity contribution is -0.615. The SMILES string of the molecule is Cn1ncc(O)c1-c1cnn([C@H](CCOC(F)F)c2ccc(-c3c(-n4cc(Cl)nn4)ccc(Cl)c3F)c[n+]2[O-])c1. The topological polar surface area (TPSA) is 123 Å². The number of alkyl halides is 2. The van der Waals surface area contributed by atoms with Crippen LogP contribution in [0, 0.1) is 11.0 Å². The Morgan fingerprint density at radius 3 is 2.55 bits per heavy atom. The van der Waals surface area contributed by atoms with Crippen LogP contribution in [0.15, 0.2) is 55.2 Å². The van der Waals surface area contributed by atoms with E-state index < -0.39 is 25.1 Å². The van der Waals surface area contributed by atoms with Gasteiger partial charge in [0.05, 0.1) is 47.0 Å². The zero-order valence-electron chi connectivity index (χ0n) is 20.5. The summed E-state index contributed by atoms with van der Waals surface area (Å²) >= 11 is 11.9. The highest BCUT2D eigenvalue weighted by Gasteiger charge is 2.27. The summed E-state index contributed by atoms with van der Waals surface area (Å²) in [6.07, 6.45) is 6.69. The Kier molecular flexibility index (Phi) is 7.65. The van der Waals surface area contributed by atoms with Crippen molar-refractivity contribution in [2.45, 2.75) is 19.1 Å². The molecule has 0 spiro atoms. The summed E-state index contributed by atoms with van der Waals surface area (Å²) in [6, 6.07) is 4.88. The molecule has 0 unspecified atom stereocenters. The number of halogens is 5. The average Bonchev–Trinajstić information content (AvgIpc) is 3.64. The number of aryl methyl sites for hydroxylation is 1. The van der Waals surface area contributed by atoms with Gasteiger partial charge in [0.1, 0.15) is 11.7 Å². The molecule has 0 fully saturated rings. The molecular weight excluding hydrogens is 576 g/mol. The maximum absolute atomic E-state index is 15.3. The van der Waals surface area contributed by atoms with E-state index >= 15 is 4.39 Å². The van der Waals surface area contributed by atoms with Gasteiger partial charge in [0, 0.05) is 31.3 Å². The van der Waals surface area contributed by atoms with Crippen LogP contribution in [0.3, 0.4) is 0 Å². The van der Waals surface area contributed by atoms with Crippen molar-refractivity contribution < 1.29 is 27.7 Å². The van der Waals surface area contributed by atoms with Crippen LogP contribution in [0.5, 0.6) is 5.75 Å². The van der Waals surface area contributed by atoms with Crippen LogP contribution in [0.4, 0.5) is 13.2 Å². The highest BCUT2D eigenvalue weighted by molar-refractivity contribution is 6.31. The summed E-state index contributed by atoms with van der Waals surface area (Å²) in [5.41, 5.74) is 1.31. The van der Waals surface area contributed by atoms with Crippen molar-refractivity contribution in [3.63, 3.8) is 0 Å². The molecule has 0 saturated carbocycles. The molecule has 0 saturated heterocycles. The van der Waals surface area contributed by atoms with Crippen LogP contribution >= 0.6 is 23.2 Å². The fraction of sp³-hybridized carbons (Fsp3) is 0.208. The summed E-state index contributed by atoms with van der Waals surface area (Å²) < 4.78 is 49.7. The molecule has 1 aromatic carbocycles. The number of rotatable bonds is 9. The Labute approximate surface area is 234 Å². The van der Waals surface area contributed by atoms with E-state index in [4.69, 9.17) is 23.2 Å². The minimum absolute atomic E-state index is 0.0316. The summed E-state index contributed by atoms with van der Waals surface area (Å²) in [7, 11) is 1.63. The van der Waals surface area contributed by atoms with Gasteiger partial charge in [-0.1, -0.05) is 28.4 Å². The second-order valence-corrected chi connectivity index (χ2v) is 9.35. The van der Waals surface area contributed by atoms with E-state index in [0.717, 1.165) is 6.20 Å². The van der Waals surface area contributed by atoms with Crippen LogP contribution in [-0.4, -0.2) is 52.9 Å². The Morgan fingerprint density at radius 1 is 1.10 bits per heavy atom. The first-order chi connectivity index (χ1) is 19.1. The first kappa shape index (κ1) is 27.4. The molecule has 40 heavy (non-hydrogen) atoms. The largest absolute Gasteiger partial charge is 0.618 e. The van der Waals surface area contributed by atoms with Gasteiger partial charge >= 0.3 is 6.61 Å². The zero-order chi connectivity index (χ0) is 28.6. The normalized spacial score (nSPS) is 12.4. The van der Waals surface area contributed by atoms with E-state index in [0.29, 0.717) is 16.0 Å². The molecule has 1 atom stereocenters. The van der Waals surface area contributed by atoms with Crippen molar-refractivity contribution in [2.24, 2.45) is 7.05 Å². The van der Waals surface area contributed by atoms with Gasteiger partial charge in [0.2, 0.25) is 5.69 Å². The van der Waals surface area contributed by atoms with E-state index in [9.17, 15) is 19.1 Å². The monoisotopic (exact) mass is 594 g/mol. The molecule has 1 N–H and O–H groups in total. The molecule has 5 aromatic rings. The lowest BCUT2D eigenvalue weighted by Gasteiger charge is -2.18. The number of nitrogens with zero attached hydrogens (tertiary/aromatic N) is 8. The summed E-state index contributed by atoms with van der Waals surface area (Å²) in [5.74, 6) is -0.885. The van der Waals surface area contributed by atoms with Gasteiger partial charge in [-0.15, -0.1) is 5.10 Å². The van der Waals surface area contributed by atoms with Crippen molar-refractivity contribution in [3.05, 3.63) is 82.1 Å². The van der Waals surface area contributed by atoms with Gasteiger partial charge in [0.15, 0.2) is 22.9 Å². The number of hydrogen-bond acceptors (Lipinski definition) is 7. The number of pyridine rings is 1. The number of aromatic nitrogens is 8. The van der Waals surface area contributed by atoms with Crippen LogP contribution in [-0.2, 0) is 11.8 Å². The molecule has 208 valence electrons. The minimum atomic E-state index is -3.00. The predicted octanol–water partition coefficient (Wildman–Crippen LogP) is 4.53. The molecule has 0 aliphatic heterocycles. The highest BCUT2D eigenvalue weighted by Crippen LogP contribution is 2.34. The lowest BCUT2D eigenvalue weighted by atomic mass is 10.0.